The SMILES string of the molecule is COC(=O)C1CCOc2cc(Oc3ccc(C(=O)N(c4ccccc4)C(F)(F)F)cc3)c(C#N)cc21. The molecule has 0 bridgehead atoms. The maximum atomic E-state index is 13.6. The molecule has 3 aromatic carbocycles. The van der Waals surface area contributed by atoms with Gasteiger partial charge in [0.2, 0.25) is 0 Å². The fraction of sp³-hybridized carbons (Fsp3) is 0.192. The number of benzene rings is 3. The summed E-state index contributed by atoms with van der Waals surface area (Å²) in [7, 11) is 1.28. The zero-order valence-electron chi connectivity index (χ0n) is 18.9. The molecule has 0 aromatic heterocycles. The molecule has 0 radical (unpaired) electrons. The molecule has 4 rings (SSSR count). The van der Waals surface area contributed by atoms with Gasteiger partial charge in [0, 0.05) is 17.2 Å². The zero-order chi connectivity index (χ0) is 25.9. The molecule has 1 aliphatic rings. The fourth-order valence-corrected chi connectivity index (χ4v) is 3.85. The first-order valence-electron chi connectivity index (χ1n) is 10.8. The van der Waals surface area contributed by atoms with Crippen LogP contribution in [0, 0.1) is 11.3 Å². The third-order valence-corrected chi connectivity index (χ3v) is 5.56. The molecule has 0 spiro atoms. The Morgan fingerprint density at radius 1 is 1.08 bits per heavy atom. The van der Waals surface area contributed by atoms with Crippen molar-refractivity contribution in [2.24, 2.45) is 0 Å². The summed E-state index contributed by atoms with van der Waals surface area (Å²) >= 11 is 0. The molecule has 0 fully saturated rings. The van der Waals surface area contributed by atoms with E-state index in [2.05, 4.69) is 0 Å². The summed E-state index contributed by atoms with van der Waals surface area (Å²) in [6.45, 7) is 0.270. The number of ether oxygens (including phenoxy) is 3. The molecule has 0 saturated heterocycles. The Morgan fingerprint density at radius 3 is 2.39 bits per heavy atom. The second-order valence-electron chi connectivity index (χ2n) is 7.78. The van der Waals surface area contributed by atoms with Gasteiger partial charge < -0.3 is 14.2 Å². The monoisotopic (exact) mass is 496 g/mol. The molecule has 10 heteroatoms. The molecular formula is C26H19F3N2O5. The number of hydrogen-bond donors (Lipinski definition) is 0. The minimum absolute atomic E-state index is 0.126. The largest absolute Gasteiger partial charge is 0.493 e. The number of hydrogen-bond acceptors (Lipinski definition) is 6. The highest BCUT2D eigenvalue weighted by molar-refractivity contribution is 6.06. The Kier molecular flexibility index (Phi) is 6.83. The Labute approximate surface area is 204 Å². The number of halogens is 3. The number of alkyl halides is 3. The van der Waals surface area contributed by atoms with E-state index in [9.17, 15) is 28.0 Å². The van der Waals surface area contributed by atoms with E-state index < -0.39 is 24.1 Å². The van der Waals surface area contributed by atoms with Gasteiger partial charge in [0.15, 0.2) is 0 Å². The molecule has 7 nitrogen and oxygen atoms in total. The van der Waals surface area contributed by atoms with Crippen molar-refractivity contribution in [1.82, 2.24) is 0 Å². The smallest absolute Gasteiger partial charge is 0.491 e. The van der Waals surface area contributed by atoms with Gasteiger partial charge in [-0.15, -0.1) is 13.2 Å². The van der Waals surface area contributed by atoms with Crippen LogP contribution in [0.4, 0.5) is 18.9 Å². The van der Waals surface area contributed by atoms with Crippen LogP contribution >= 0.6 is 0 Å². The lowest BCUT2D eigenvalue weighted by Crippen LogP contribution is -2.43. The van der Waals surface area contributed by atoms with Crippen LogP contribution in [0.3, 0.4) is 0 Å². The molecule has 0 aliphatic carbocycles. The van der Waals surface area contributed by atoms with Gasteiger partial charge in [-0.1, -0.05) is 18.2 Å². The van der Waals surface area contributed by atoms with Crippen LogP contribution in [0.5, 0.6) is 17.2 Å². The van der Waals surface area contributed by atoms with E-state index in [1.807, 2.05) is 6.07 Å². The number of carbonyl (C=O) groups is 2. The molecule has 1 heterocycles. The Balaban J connectivity index is 1.59. The first-order chi connectivity index (χ1) is 17.2. The first-order valence-corrected chi connectivity index (χ1v) is 10.8. The molecule has 184 valence electrons. The zero-order valence-corrected chi connectivity index (χ0v) is 18.9. The van der Waals surface area contributed by atoms with Crippen LogP contribution < -0.4 is 14.4 Å². The average molecular weight is 496 g/mol. The molecule has 1 unspecified atom stereocenters. The molecule has 3 aromatic rings. The maximum absolute atomic E-state index is 13.6. The minimum Gasteiger partial charge on any atom is -0.493 e. The summed E-state index contributed by atoms with van der Waals surface area (Å²) in [5.41, 5.74) is 0.110. The molecule has 1 amide bonds. The van der Waals surface area contributed by atoms with E-state index in [1.54, 1.807) is 6.07 Å². The lowest BCUT2D eigenvalue weighted by Gasteiger charge is -2.25. The second-order valence-corrected chi connectivity index (χ2v) is 7.78. The summed E-state index contributed by atoms with van der Waals surface area (Å²) in [6, 6.07) is 16.8. The van der Waals surface area contributed by atoms with Gasteiger partial charge in [-0.2, -0.15) is 5.26 Å². The van der Waals surface area contributed by atoms with Crippen LogP contribution in [0.25, 0.3) is 0 Å². The number of rotatable bonds is 5. The molecule has 1 atom stereocenters. The van der Waals surface area contributed by atoms with Gasteiger partial charge in [0.05, 0.1) is 30.9 Å². The van der Waals surface area contributed by atoms with Crippen LogP contribution in [0.15, 0.2) is 66.7 Å². The van der Waals surface area contributed by atoms with Crippen LogP contribution in [0.1, 0.15) is 33.8 Å². The topological polar surface area (TPSA) is 88.9 Å². The van der Waals surface area contributed by atoms with Crippen molar-refractivity contribution in [2.45, 2.75) is 18.6 Å². The summed E-state index contributed by atoms with van der Waals surface area (Å²) < 4.78 is 57.1. The van der Waals surface area contributed by atoms with Gasteiger partial charge in [-0.05, 0) is 48.9 Å². The molecule has 0 N–H and O–H groups in total. The maximum Gasteiger partial charge on any atom is 0.491 e. The molecular weight excluding hydrogens is 477 g/mol. The highest BCUT2D eigenvalue weighted by atomic mass is 19.4. The normalized spacial score (nSPS) is 14.6. The van der Waals surface area contributed by atoms with E-state index in [1.165, 1.54) is 67.8 Å². The van der Waals surface area contributed by atoms with E-state index >= 15 is 0 Å². The number of esters is 1. The number of nitrogens with zero attached hydrogens (tertiary/aromatic N) is 2. The number of anilines is 1. The van der Waals surface area contributed by atoms with Crippen molar-refractivity contribution in [3.05, 3.63) is 83.4 Å². The quantitative estimate of drug-likeness (QED) is 0.340. The standard InChI is InChI=1S/C26H19F3N2O5/c1-34-25(33)20-11-12-35-23-14-22(17(15-30)13-21(20)23)36-19-9-7-16(8-10-19)24(32)31(26(27,28)29)18-5-3-2-4-6-18/h2-10,13-14,20H,11-12H2,1H3. The van der Waals surface area contributed by atoms with Crippen molar-refractivity contribution in [1.29, 1.82) is 5.26 Å². The number of amides is 1. The van der Waals surface area contributed by atoms with Gasteiger partial charge >= 0.3 is 12.3 Å². The van der Waals surface area contributed by atoms with E-state index in [0.29, 0.717) is 17.7 Å². The van der Waals surface area contributed by atoms with Gasteiger partial charge in [-0.25, -0.2) is 4.90 Å². The Morgan fingerprint density at radius 2 is 1.78 bits per heavy atom. The van der Waals surface area contributed by atoms with Crippen LogP contribution in [-0.2, 0) is 9.53 Å². The Hall–Kier alpha value is -4.52. The highest BCUT2D eigenvalue weighted by Crippen LogP contribution is 2.40. The van der Waals surface area contributed by atoms with Crippen molar-refractivity contribution in [3.8, 4) is 23.3 Å². The predicted octanol–water partition coefficient (Wildman–Crippen LogP) is 5.56. The number of fused-ring (bicyclic) bond motifs is 1. The van der Waals surface area contributed by atoms with Gasteiger partial charge in [-0.3, -0.25) is 9.59 Å². The van der Waals surface area contributed by atoms with Gasteiger partial charge in [0.1, 0.15) is 23.3 Å². The summed E-state index contributed by atoms with van der Waals surface area (Å²) in [5, 5.41) is 9.60. The van der Waals surface area contributed by atoms with E-state index in [-0.39, 0.29) is 39.8 Å². The first kappa shape index (κ1) is 24.6. The summed E-state index contributed by atoms with van der Waals surface area (Å²) in [6.07, 6.45) is -4.53. The summed E-state index contributed by atoms with van der Waals surface area (Å²) in [5.74, 6) is -1.61. The second kappa shape index (κ2) is 10.00. The van der Waals surface area contributed by atoms with Crippen LogP contribution in [0.2, 0.25) is 0 Å². The van der Waals surface area contributed by atoms with Crippen LogP contribution in [-0.4, -0.2) is 31.9 Å². The van der Waals surface area contributed by atoms with Crippen molar-refractivity contribution in [2.75, 3.05) is 18.6 Å². The Bertz CT molecular complexity index is 1320. The van der Waals surface area contributed by atoms with E-state index in [0.717, 1.165) is 0 Å². The van der Waals surface area contributed by atoms with Crippen molar-refractivity contribution < 1.29 is 37.0 Å². The highest BCUT2D eigenvalue weighted by Gasteiger charge is 2.42. The average Bonchev–Trinajstić information content (AvgIpc) is 2.87. The predicted molar refractivity (Wildman–Crippen MR) is 122 cm³/mol. The van der Waals surface area contributed by atoms with Gasteiger partial charge in [0.25, 0.3) is 5.91 Å². The number of para-hydroxylation sites is 1. The fourth-order valence-electron chi connectivity index (χ4n) is 3.85. The number of nitriles is 1. The lowest BCUT2D eigenvalue weighted by atomic mass is 9.91. The summed E-state index contributed by atoms with van der Waals surface area (Å²) in [4.78, 5) is 24.6. The third-order valence-electron chi connectivity index (χ3n) is 5.56. The molecule has 1 aliphatic heterocycles. The number of methoxy groups -OCH3 is 1. The van der Waals surface area contributed by atoms with Crippen molar-refractivity contribution >= 4 is 17.6 Å². The molecule has 36 heavy (non-hydrogen) atoms. The lowest BCUT2D eigenvalue weighted by molar-refractivity contribution is -0.143. The minimum atomic E-state index is -4.93. The van der Waals surface area contributed by atoms with E-state index in [4.69, 9.17) is 14.2 Å². The molecule has 0 saturated carbocycles. The third kappa shape index (κ3) is 4.95. The number of carbonyl (C=O) groups excluding carboxylic acids is 2. The van der Waals surface area contributed by atoms with Crippen molar-refractivity contribution in [3.63, 3.8) is 0 Å².